The molecule has 0 bridgehead atoms. The van der Waals surface area contributed by atoms with Crippen molar-refractivity contribution in [1.29, 1.82) is 0 Å². The lowest BCUT2D eigenvalue weighted by Gasteiger charge is -1.97. The Hall–Kier alpha value is -2.23. The molecule has 0 fully saturated rings. The smallest absolute Gasteiger partial charge is 0.229 e. The first-order valence-electron chi connectivity index (χ1n) is 4.62. The molecule has 0 aliphatic heterocycles. The summed E-state index contributed by atoms with van der Waals surface area (Å²) in [6.45, 7) is 0. The number of fused-ring (bicyclic) bond motifs is 1. The fourth-order valence-electron chi connectivity index (χ4n) is 1.68. The van der Waals surface area contributed by atoms with Gasteiger partial charge in [0.25, 0.3) is 0 Å². The Bertz CT molecular complexity index is 609. The van der Waals surface area contributed by atoms with Crippen LogP contribution in [0.3, 0.4) is 0 Å². The molecule has 74 valence electrons. The number of anilines is 1. The highest BCUT2D eigenvalue weighted by Gasteiger charge is 2.07. The molecule has 1 aromatic carbocycles. The Morgan fingerprint density at radius 3 is 3.00 bits per heavy atom. The van der Waals surface area contributed by atoms with Crippen LogP contribution >= 0.6 is 0 Å². The zero-order valence-corrected chi connectivity index (χ0v) is 7.90. The van der Waals surface area contributed by atoms with Gasteiger partial charge in [0.2, 0.25) is 5.88 Å². The average Bonchev–Trinajstić information content (AvgIpc) is 2.84. The van der Waals surface area contributed by atoms with E-state index in [-0.39, 0.29) is 0 Å². The second-order valence-corrected chi connectivity index (χ2v) is 3.38. The average molecular weight is 199 g/mol. The number of benzene rings is 1. The normalized spacial score (nSPS) is 10.9. The van der Waals surface area contributed by atoms with Crippen LogP contribution in [0, 0.1) is 0 Å². The molecule has 0 atom stereocenters. The molecule has 0 saturated heterocycles. The molecule has 3 N–H and O–H groups in total. The SMILES string of the molecule is Nc1oncc1-c1ccc2cc[nH]c2c1. The van der Waals surface area contributed by atoms with Gasteiger partial charge in [0.1, 0.15) is 0 Å². The maximum atomic E-state index is 5.65. The van der Waals surface area contributed by atoms with Crippen LogP contribution in [0.25, 0.3) is 22.0 Å². The summed E-state index contributed by atoms with van der Waals surface area (Å²) in [6.07, 6.45) is 3.53. The van der Waals surface area contributed by atoms with E-state index in [0.717, 1.165) is 16.6 Å². The number of aromatic amines is 1. The number of aromatic nitrogens is 2. The lowest BCUT2D eigenvalue weighted by Crippen LogP contribution is -1.84. The molecule has 0 radical (unpaired) electrons. The number of nitrogen functional groups attached to an aromatic ring is 1. The third-order valence-corrected chi connectivity index (χ3v) is 2.46. The fraction of sp³-hybridized carbons (Fsp3) is 0. The van der Waals surface area contributed by atoms with Gasteiger partial charge in [0.15, 0.2) is 0 Å². The van der Waals surface area contributed by atoms with E-state index in [1.165, 1.54) is 5.39 Å². The lowest BCUT2D eigenvalue weighted by atomic mass is 10.1. The molecule has 0 aliphatic rings. The Kier molecular flexibility index (Phi) is 1.56. The number of nitrogens with one attached hydrogen (secondary N) is 1. The van der Waals surface area contributed by atoms with Crippen molar-refractivity contribution in [3.63, 3.8) is 0 Å². The van der Waals surface area contributed by atoms with Gasteiger partial charge in [0.05, 0.1) is 11.8 Å². The van der Waals surface area contributed by atoms with Gasteiger partial charge >= 0.3 is 0 Å². The van der Waals surface area contributed by atoms with E-state index in [2.05, 4.69) is 10.1 Å². The van der Waals surface area contributed by atoms with Crippen molar-refractivity contribution in [1.82, 2.24) is 10.1 Å². The molecular formula is C11H9N3O. The quantitative estimate of drug-likeness (QED) is 0.632. The van der Waals surface area contributed by atoms with Crippen LogP contribution in [0.5, 0.6) is 0 Å². The van der Waals surface area contributed by atoms with Crippen molar-refractivity contribution in [2.45, 2.75) is 0 Å². The molecule has 3 aromatic rings. The summed E-state index contributed by atoms with van der Waals surface area (Å²) in [7, 11) is 0. The van der Waals surface area contributed by atoms with Gasteiger partial charge in [0, 0.05) is 11.7 Å². The summed E-state index contributed by atoms with van der Waals surface area (Å²) in [5.41, 5.74) is 8.56. The van der Waals surface area contributed by atoms with Gasteiger partial charge in [-0.05, 0) is 23.1 Å². The van der Waals surface area contributed by atoms with Crippen LogP contribution in [0.1, 0.15) is 0 Å². The van der Waals surface area contributed by atoms with Gasteiger partial charge in [-0.1, -0.05) is 17.3 Å². The number of nitrogens with zero attached hydrogens (tertiary/aromatic N) is 1. The highest BCUT2D eigenvalue weighted by molar-refractivity contribution is 5.86. The summed E-state index contributed by atoms with van der Waals surface area (Å²) in [4.78, 5) is 3.15. The molecule has 3 rings (SSSR count). The second kappa shape index (κ2) is 2.88. The van der Waals surface area contributed by atoms with Crippen molar-refractivity contribution < 1.29 is 4.52 Å². The molecule has 0 unspecified atom stereocenters. The minimum absolute atomic E-state index is 0.348. The number of hydrogen-bond acceptors (Lipinski definition) is 3. The summed E-state index contributed by atoms with van der Waals surface area (Å²) in [5.74, 6) is 0.348. The maximum absolute atomic E-state index is 5.65. The van der Waals surface area contributed by atoms with Crippen LogP contribution in [0.15, 0.2) is 41.2 Å². The van der Waals surface area contributed by atoms with Crippen molar-refractivity contribution in [2.24, 2.45) is 0 Å². The molecular weight excluding hydrogens is 190 g/mol. The first kappa shape index (κ1) is 8.11. The third kappa shape index (κ3) is 1.19. The van der Waals surface area contributed by atoms with Gasteiger partial charge in [-0.15, -0.1) is 0 Å². The van der Waals surface area contributed by atoms with Crippen LogP contribution < -0.4 is 5.73 Å². The number of H-pyrrole nitrogens is 1. The van der Waals surface area contributed by atoms with Crippen LogP contribution in [-0.4, -0.2) is 10.1 Å². The molecule has 0 spiro atoms. The van der Waals surface area contributed by atoms with Crippen LogP contribution in [0.2, 0.25) is 0 Å². The molecule has 4 heteroatoms. The van der Waals surface area contributed by atoms with Gasteiger partial charge < -0.3 is 15.2 Å². The molecule has 2 heterocycles. The number of hydrogen-bond donors (Lipinski definition) is 2. The Labute approximate surface area is 85.7 Å². The largest absolute Gasteiger partial charge is 0.367 e. The first-order chi connectivity index (χ1) is 7.34. The maximum Gasteiger partial charge on any atom is 0.229 e. The highest BCUT2D eigenvalue weighted by Crippen LogP contribution is 2.27. The van der Waals surface area contributed by atoms with E-state index in [1.807, 2.05) is 30.5 Å². The molecule has 4 nitrogen and oxygen atoms in total. The van der Waals surface area contributed by atoms with Crippen molar-refractivity contribution in [3.05, 3.63) is 36.7 Å². The summed E-state index contributed by atoms with van der Waals surface area (Å²) < 4.78 is 4.83. The number of nitrogens with two attached hydrogens (primary N) is 1. The summed E-state index contributed by atoms with van der Waals surface area (Å²) in [6, 6.07) is 8.08. The van der Waals surface area contributed by atoms with E-state index in [4.69, 9.17) is 10.3 Å². The Balaban J connectivity index is 2.23. The Morgan fingerprint density at radius 2 is 2.20 bits per heavy atom. The standard InChI is InChI=1S/C11H9N3O/c12-11-9(6-14-15-11)8-2-1-7-3-4-13-10(7)5-8/h1-6,13H,12H2. The summed E-state index contributed by atoms with van der Waals surface area (Å²) >= 11 is 0. The molecule has 2 aromatic heterocycles. The number of rotatable bonds is 1. The van der Waals surface area contributed by atoms with Crippen LogP contribution in [0.4, 0.5) is 5.88 Å². The summed E-state index contributed by atoms with van der Waals surface area (Å²) in [5, 5.41) is 4.83. The zero-order valence-electron chi connectivity index (χ0n) is 7.90. The first-order valence-corrected chi connectivity index (χ1v) is 4.62. The van der Waals surface area contributed by atoms with Crippen molar-refractivity contribution in [3.8, 4) is 11.1 Å². The van der Waals surface area contributed by atoms with E-state index in [1.54, 1.807) is 6.20 Å². The predicted molar refractivity (Wildman–Crippen MR) is 58.2 cm³/mol. The monoisotopic (exact) mass is 199 g/mol. The predicted octanol–water partition coefficient (Wildman–Crippen LogP) is 2.41. The van der Waals surface area contributed by atoms with E-state index in [9.17, 15) is 0 Å². The topological polar surface area (TPSA) is 67.8 Å². The van der Waals surface area contributed by atoms with Crippen LogP contribution in [-0.2, 0) is 0 Å². The minimum atomic E-state index is 0.348. The van der Waals surface area contributed by atoms with Gasteiger partial charge in [-0.25, -0.2) is 0 Å². The van der Waals surface area contributed by atoms with E-state index in [0.29, 0.717) is 5.88 Å². The highest BCUT2D eigenvalue weighted by atomic mass is 16.5. The molecule has 15 heavy (non-hydrogen) atoms. The van der Waals surface area contributed by atoms with Gasteiger partial charge in [-0.2, -0.15) is 0 Å². The van der Waals surface area contributed by atoms with Gasteiger partial charge in [-0.3, -0.25) is 0 Å². The van der Waals surface area contributed by atoms with Crippen molar-refractivity contribution >= 4 is 16.8 Å². The molecule has 0 saturated carbocycles. The van der Waals surface area contributed by atoms with Crippen molar-refractivity contribution in [2.75, 3.05) is 5.73 Å². The van der Waals surface area contributed by atoms with E-state index < -0.39 is 0 Å². The molecule has 0 aliphatic carbocycles. The molecule has 0 amide bonds. The Morgan fingerprint density at radius 1 is 1.27 bits per heavy atom. The third-order valence-electron chi connectivity index (χ3n) is 2.46. The van der Waals surface area contributed by atoms with E-state index >= 15 is 0 Å². The zero-order chi connectivity index (χ0) is 10.3. The minimum Gasteiger partial charge on any atom is -0.367 e. The fourth-order valence-corrected chi connectivity index (χ4v) is 1.68. The lowest BCUT2D eigenvalue weighted by molar-refractivity contribution is 0.436. The second-order valence-electron chi connectivity index (χ2n) is 3.38.